The normalized spacial score (nSPS) is 14.4. The lowest BCUT2D eigenvalue weighted by Gasteiger charge is -2.35. The Morgan fingerprint density at radius 1 is 0.516 bits per heavy atom. The Kier molecular flexibility index (Phi) is 23.7. The van der Waals surface area contributed by atoms with Crippen LogP contribution in [0.25, 0.3) is 0 Å². The summed E-state index contributed by atoms with van der Waals surface area (Å²) in [7, 11) is 3.99. The molecule has 4 atom stereocenters. The Labute approximate surface area is 370 Å². The molecule has 62 heavy (non-hydrogen) atoms. The first kappa shape index (κ1) is 52.5. The van der Waals surface area contributed by atoms with Crippen molar-refractivity contribution in [3.05, 3.63) is 88.5 Å². The van der Waals surface area contributed by atoms with Gasteiger partial charge in [-0.15, -0.1) is 0 Å². The van der Waals surface area contributed by atoms with Crippen molar-refractivity contribution in [2.75, 3.05) is 134 Å². The van der Waals surface area contributed by atoms with E-state index in [1.165, 1.54) is 0 Å². The second-order valence-electron chi connectivity index (χ2n) is 16.0. The summed E-state index contributed by atoms with van der Waals surface area (Å²) in [6, 6.07) is 23.5. The van der Waals surface area contributed by atoms with E-state index in [1.54, 1.807) is 0 Å². The Hall–Kier alpha value is -3.85. The zero-order chi connectivity index (χ0) is 45.5. The number of aliphatic hydroxyl groups excluding tert-OH is 4. The average molecular weight is 867 g/mol. The highest BCUT2D eigenvalue weighted by Gasteiger charge is 2.40. The molecule has 0 aliphatic rings. The summed E-state index contributed by atoms with van der Waals surface area (Å²) in [6.45, 7) is 16.6. The predicted molar refractivity (Wildman–Crippen MR) is 245 cm³/mol. The van der Waals surface area contributed by atoms with Crippen LogP contribution < -0.4 is 14.7 Å². The number of hydrogen-bond acceptors (Lipinski definition) is 14. The maximum atomic E-state index is 11.6. The lowest BCUT2D eigenvalue weighted by molar-refractivity contribution is 0.00477. The van der Waals surface area contributed by atoms with Crippen molar-refractivity contribution in [2.24, 2.45) is 0 Å². The number of hydrogen-bond donors (Lipinski definition) is 4. The largest absolute Gasteiger partial charge is 0.394 e. The molecule has 0 saturated heterocycles. The summed E-state index contributed by atoms with van der Waals surface area (Å²) in [5.74, 6) is 0. The molecule has 4 unspecified atom stereocenters. The number of anilines is 3. The van der Waals surface area contributed by atoms with E-state index in [-0.39, 0.29) is 77.3 Å². The summed E-state index contributed by atoms with van der Waals surface area (Å²) in [5, 5.41) is 48.6. The molecule has 0 heterocycles. The fourth-order valence-corrected chi connectivity index (χ4v) is 7.66. The standard InChI is InChI=1S/C48H74N4O10/c1-36-29-44(51(31-38(3)59-23-19-55)33-40(5)61-27-25-57-21-17-53)13-15-46(36)48(35-49,42-9-11-43(12-10-42)50(7)8)47-16-14-45(30-37(47)2)52(32-39(4)60-24-20-56)34-41(6)62-28-26-58-22-18-54/h9-16,29-30,38-41,53-56H,17-28,31-34H2,1-8H3. The number of nitrogens with zero attached hydrogens (tertiary/aromatic N) is 4. The summed E-state index contributed by atoms with van der Waals surface area (Å²) >= 11 is 0. The molecule has 14 nitrogen and oxygen atoms in total. The van der Waals surface area contributed by atoms with E-state index in [0.29, 0.717) is 52.6 Å². The molecular formula is C48H74N4O10. The molecule has 0 bridgehead atoms. The van der Waals surface area contributed by atoms with Gasteiger partial charge in [-0.25, -0.2) is 0 Å². The van der Waals surface area contributed by atoms with Crippen LogP contribution in [0.3, 0.4) is 0 Å². The Balaban J connectivity index is 2.12. The maximum absolute atomic E-state index is 11.6. The van der Waals surface area contributed by atoms with Crippen LogP contribution in [0.4, 0.5) is 17.1 Å². The minimum absolute atomic E-state index is 0.0373. The first-order chi connectivity index (χ1) is 29.8. The molecule has 0 saturated carbocycles. The summed E-state index contributed by atoms with van der Waals surface area (Å²) in [4.78, 5) is 6.47. The van der Waals surface area contributed by atoms with Gasteiger partial charge in [0.2, 0.25) is 0 Å². The highest BCUT2D eigenvalue weighted by atomic mass is 16.5. The van der Waals surface area contributed by atoms with Crippen LogP contribution in [0, 0.1) is 25.2 Å². The summed E-state index contributed by atoms with van der Waals surface area (Å²) in [5.41, 5.74) is 6.18. The molecule has 3 rings (SSSR count). The van der Waals surface area contributed by atoms with Crippen molar-refractivity contribution in [2.45, 2.75) is 71.4 Å². The molecule has 0 fully saturated rings. The average Bonchev–Trinajstić information content (AvgIpc) is 3.25. The van der Waals surface area contributed by atoms with Gasteiger partial charge in [-0.1, -0.05) is 24.3 Å². The number of aryl methyl sites for hydroxylation is 2. The monoisotopic (exact) mass is 867 g/mol. The van der Waals surface area contributed by atoms with E-state index < -0.39 is 5.41 Å². The molecule has 0 aliphatic carbocycles. The van der Waals surface area contributed by atoms with Crippen LogP contribution in [-0.2, 0) is 33.8 Å². The van der Waals surface area contributed by atoms with Gasteiger partial charge in [-0.2, -0.15) is 5.26 Å². The minimum Gasteiger partial charge on any atom is -0.394 e. The van der Waals surface area contributed by atoms with Gasteiger partial charge in [0.25, 0.3) is 0 Å². The van der Waals surface area contributed by atoms with Gasteiger partial charge in [-0.3, -0.25) is 0 Å². The molecular weight excluding hydrogens is 793 g/mol. The number of nitriles is 1. The molecule has 4 N–H and O–H groups in total. The van der Waals surface area contributed by atoms with Crippen molar-refractivity contribution < 1.29 is 48.8 Å². The fourth-order valence-electron chi connectivity index (χ4n) is 7.66. The zero-order valence-corrected chi connectivity index (χ0v) is 38.4. The topological polar surface area (TPSA) is 170 Å². The molecule has 0 amide bonds. The number of aliphatic hydroxyl groups is 4. The van der Waals surface area contributed by atoms with Crippen molar-refractivity contribution in [1.29, 1.82) is 5.26 Å². The molecule has 0 aromatic heterocycles. The van der Waals surface area contributed by atoms with Crippen molar-refractivity contribution in [1.82, 2.24) is 0 Å². The van der Waals surface area contributed by atoms with Crippen molar-refractivity contribution in [3.8, 4) is 6.07 Å². The summed E-state index contributed by atoms with van der Waals surface area (Å²) < 4.78 is 34.7. The van der Waals surface area contributed by atoms with Crippen molar-refractivity contribution in [3.63, 3.8) is 0 Å². The molecule has 3 aromatic rings. The van der Waals surface area contributed by atoms with E-state index in [0.717, 1.165) is 44.9 Å². The predicted octanol–water partition coefficient (Wildman–Crippen LogP) is 4.46. The van der Waals surface area contributed by atoms with E-state index in [1.807, 2.05) is 71.0 Å². The number of ether oxygens (including phenoxy) is 6. The van der Waals surface area contributed by atoms with Gasteiger partial charge >= 0.3 is 0 Å². The van der Waals surface area contributed by atoms with E-state index in [4.69, 9.17) is 38.6 Å². The van der Waals surface area contributed by atoms with Crippen LogP contribution in [0.1, 0.15) is 55.5 Å². The highest BCUT2D eigenvalue weighted by Crippen LogP contribution is 2.44. The van der Waals surface area contributed by atoms with E-state index >= 15 is 0 Å². The van der Waals surface area contributed by atoms with Gasteiger partial charge in [-0.05, 0) is 106 Å². The van der Waals surface area contributed by atoms with Gasteiger partial charge in [0.15, 0.2) is 0 Å². The molecule has 0 radical (unpaired) electrons. The van der Waals surface area contributed by atoms with Gasteiger partial charge in [0.1, 0.15) is 5.41 Å². The van der Waals surface area contributed by atoms with Crippen molar-refractivity contribution >= 4 is 17.1 Å². The highest BCUT2D eigenvalue weighted by molar-refractivity contribution is 5.66. The second-order valence-corrected chi connectivity index (χ2v) is 16.0. The van der Waals surface area contributed by atoms with Crippen LogP contribution >= 0.6 is 0 Å². The Morgan fingerprint density at radius 2 is 0.871 bits per heavy atom. The lowest BCUT2D eigenvalue weighted by Crippen LogP contribution is -2.39. The molecule has 0 aliphatic heterocycles. The van der Waals surface area contributed by atoms with E-state index in [9.17, 15) is 15.5 Å². The SMILES string of the molecule is Cc1cc(N(CC(C)OCCO)CC(C)OCCOCCO)ccc1C(C#N)(c1ccc(N(C)C)cc1)c1ccc(N(CC(C)OCCO)CC(C)OCCOCCO)cc1C. The van der Waals surface area contributed by atoms with Crippen LogP contribution in [-0.4, -0.2) is 164 Å². The maximum Gasteiger partial charge on any atom is 0.133 e. The molecule has 346 valence electrons. The van der Waals surface area contributed by atoms with Crippen LogP contribution in [0.5, 0.6) is 0 Å². The third-order valence-corrected chi connectivity index (χ3v) is 10.6. The van der Waals surface area contributed by atoms with Gasteiger partial charge in [0, 0.05) is 57.3 Å². The quantitative estimate of drug-likeness (QED) is 0.0513. The first-order valence-electron chi connectivity index (χ1n) is 21.8. The van der Waals surface area contributed by atoms with Crippen LogP contribution in [0.15, 0.2) is 60.7 Å². The lowest BCUT2D eigenvalue weighted by atomic mass is 9.68. The first-order valence-corrected chi connectivity index (χ1v) is 21.8. The molecule has 14 heteroatoms. The Bertz CT molecular complexity index is 1650. The molecule has 3 aromatic carbocycles. The van der Waals surface area contributed by atoms with Crippen LogP contribution in [0.2, 0.25) is 0 Å². The molecule has 0 spiro atoms. The second kappa shape index (κ2) is 28.0. The van der Waals surface area contributed by atoms with Gasteiger partial charge < -0.3 is 63.5 Å². The summed E-state index contributed by atoms with van der Waals surface area (Å²) in [6.07, 6.45) is -0.671. The Morgan fingerprint density at radius 3 is 1.19 bits per heavy atom. The van der Waals surface area contributed by atoms with Gasteiger partial charge in [0.05, 0.1) is 110 Å². The van der Waals surface area contributed by atoms with E-state index in [2.05, 4.69) is 66.1 Å². The zero-order valence-electron chi connectivity index (χ0n) is 38.4. The fraction of sp³-hybridized carbons (Fsp3) is 0.604. The minimum atomic E-state index is -1.18. The number of rotatable bonds is 32. The number of benzene rings is 3. The smallest absolute Gasteiger partial charge is 0.133 e. The third-order valence-electron chi connectivity index (χ3n) is 10.6. The third kappa shape index (κ3) is 16.1.